The topological polar surface area (TPSA) is 56.3 Å². The Hall–Kier alpha value is -0.910. The zero-order valence-electron chi connectivity index (χ0n) is 12.8. The molecule has 2 N–H and O–H groups in total. The lowest BCUT2D eigenvalue weighted by atomic mass is 10.0. The van der Waals surface area contributed by atoms with Gasteiger partial charge in [-0.15, -0.1) is 0 Å². The minimum atomic E-state index is 0.284. The highest BCUT2D eigenvalue weighted by Crippen LogP contribution is 2.25. The van der Waals surface area contributed by atoms with Crippen LogP contribution in [0.3, 0.4) is 0 Å². The molecule has 5 heteroatoms. The number of likely N-dealkylation sites (tertiary alicyclic amines) is 1. The van der Waals surface area contributed by atoms with Crippen LogP contribution in [0, 0.1) is 0 Å². The third-order valence-corrected chi connectivity index (χ3v) is 4.09. The van der Waals surface area contributed by atoms with Crippen LogP contribution in [0.15, 0.2) is 12.5 Å². The molecule has 0 aliphatic carbocycles. The Morgan fingerprint density at radius 1 is 1.40 bits per heavy atom. The molecule has 0 amide bonds. The molecule has 1 aromatic heterocycles. The molecule has 0 aromatic carbocycles. The van der Waals surface area contributed by atoms with E-state index in [1.807, 2.05) is 12.5 Å². The Balaban J connectivity index is 2.00. The maximum atomic E-state index is 6.04. The normalized spacial score (nSPS) is 19.4. The second-order valence-electron chi connectivity index (χ2n) is 5.45. The quantitative estimate of drug-likeness (QED) is 0.827. The van der Waals surface area contributed by atoms with E-state index in [1.54, 1.807) is 0 Å². The molecule has 1 saturated heterocycles. The molecule has 2 rings (SSSR count). The van der Waals surface area contributed by atoms with E-state index in [1.165, 1.54) is 5.69 Å². The van der Waals surface area contributed by atoms with Crippen LogP contribution in [0.5, 0.6) is 0 Å². The molecule has 0 spiro atoms. The summed E-state index contributed by atoms with van der Waals surface area (Å²) in [7, 11) is 0. The van der Waals surface area contributed by atoms with E-state index in [0.717, 1.165) is 45.5 Å². The van der Waals surface area contributed by atoms with Crippen molar-refractivity contribution in [3.63, 3.8) is 0 Å². The van der Waals surface area contributed by atoms with E-state index < -0.39 is 0 Å². The van der Waals surface area contributed by atoms with Crippen LogP contribution in [-0.4, -0.2) is 46.8 Å². The summed E-state index contributed by atoms with van der Waals surface area (Å²) in [5, 5.41) is 0. The fourth-order valence-corrected chi connectivity index (χ4v) is 3.08. The Bertz CT molecular complexity index is 385. The van der Waals surface area contributed by atoms with Gasteiger partial charge < -0.3 is 15.0 Å². The van der Waals surface area contributed by atoms with Crippen LogP contribution in [0.1, 0.15) is 44.8 Å². The third-order valence-electron chi connectivity index (χ3n) is 4.09. The van der Waals surface area contributed by atoms with Gasteiger partial charge in [0, 0.05) is 39.0 Å². The monoisotopic (exact) mass is 280 g/mol. The summed E-state index contributed by atoms with van der Waals surface area (Å²) in [6, 6.07) is 0.284. The molecule has 0 saturated carbocycles. The van der Waals surface area contributed by atoms with E-state index in [0.29, 0.717) is 12.6 Å². The number of rotatable bonds is 7. The molecule has 1 atom stereocenters. The summed E-state index contributed by atoms with van der Waals surface area (Å²) in [4.78, 5) is 6.79. The number of nitrogens with zero attached hydrogens (tertiary/aromatic N) is 3. The minimum Gasteiger partial charge on any atom is -0.378 e. The lowest BCUT2D eigenvalue weighted by molar-refractivity contribution is 0.00372. The van der Waals surface area contributed by atoms with E-state index in [4.69, 9.17) is 10.5 Å². The highest BCUT2D eigenvalue weighted by atomic mass is 16.5. The molecule has 2 heterocycles. The zero-order valence-corrected chi connectivity index (χ0v) is 12.8. The average molecular weight is 280 g/mol. The number of hydrogen-bond acceptors (Lipinski definition) is 4. The van der Waals surface area contributed by atoms with E-state index in [9.17, 15) is 0 Å². The maximum absolute atomic E-state index is 6.04. The number of hydrogen-bond donors (Lipinski definition) is 1. The van der Waals surface area contributed by atoms with Gasteiger partial charge in [0.05, 0.1) is 24.2 Å². The van der Waals surface area contributed by atoms with Gasteiger partial charge in [0.1, 0.15) is 0 Å². The lowest BCUT2D eigenvalue weighted by Crippen LogP contribution is -2.42. The molecule has 5 nitrogen and oxygen atoms in total. The molecule has 114 valence electrons. The molecule has 1 aliphatic heterocycles. The van der Waals surface area contributed by atoms with Crippen LogP contribution >= 0.6 is 0 Å². The second kappa shape index (κ2) is 7.76. The Kier molecular flexibility index (Phi) is 6.01. The fourth-order valence-electron chi connectivity index (χ4n) is 3.08. The van der Waals surface area contributed by atoms with E-state index >= 15 is 0 Å². The first kappa shape index (κ1) is 15.5. The molecular weight excluding hydrogens is 252 g/mol. The van der Waals surface area contributed by atoms with Crippen molar-refractivity contribution >= 4 is 0 Å². The van der Waals surface area contributed by atoms with Crippen molar-refractivity contribution in [2.45, 2.75) is 51.8 Å². The van der Waals surface area contributed by atoms with Crippen LogP contribution in [0.2, 0.25) is 0 Å². The number of imidazole rings is 1. The van der Waals surface area contributed by atoms with Crippen LogP contribution in [0.25, 0.3) is 0 Å². The van der Waals surface area contributed by atoms with Crippen molar-refractivity contribution < 1.29 is 4.74 Å². The standard InChI is InChI=1S/C15H28N4O/c1-3-7-19-12-17-11-15(19)14(10-16)18-8-5-13(6-9-18)20-4-2/h11-14H,3-10,16H2,1-2H3. The molecule has 20 heavy (non-hydrogen) atoms. The van der Waals surface area contributed by atoms with Crippen molar-refractivity contribution in [1.82, 2.24) is 14.5 Å². The van der Waals surface area contributed by atoms with Gasteiger partial charge in [0.25, 0.3) is 0 Å². The van der Waals surface area contributed by atoms with Crippen LogP contribution < -0.4 is 5.73 Å². The maximum Gasteiger partial charge on any atom is 0.0948 e. The largest absolute Gasteiger partial charge is 0.378 e. The van der Waals surface area contributed by atoms with Gasteiger partial charge >= 0.3 is 0 Å². The van der Waals surface area contributed by atoms with E-state index in [2.05, 4.69) is 28.3 Å². The number of aryl methyl sites for hydroxylation is 1. The zero-order chi connectivity index (χ0) is 14.4. The molecule has 0 bridgehead atoms. The Morgan fingerprint density at radius 3 is 2.75 bits per heavy atom. The highest BCUT2D eigenvalue weighted by Gasteiger charge is 2.27. The molecule has 1 aromatic rings. The van der Waals surface area contributed by atoms with Gasteiger partial charge in [0.15, 0.2) is 0 Å². The Morgan fingerprint density at radius 2 is 2.15 bits per heavy atom. The predicted molar refractivity (Wildman–Crippen MR) is 80.5 cm³/mol. The Labute approximate surface area is 122 Å². The van der Waals surface area contributed by atoms with Crippen molar-refractivity contribution in [2.24, 2.45) is 5.73 Å². The van der Waals surface area contributed by atoms with E-state index in [-0.39, 0.29) is 6.04 Å². The lowest BCUT2D eigenvalue weighted by Gasteiger charge is -2.37. The SMILES string of the molecule is CCCn1cncc1C(CN)N1CCC(OCC)CC1. The molecule has 1 fully saturated rings. The fraction of sp³-hybridized carbons (Fsp3) is 0.800. The number of nitrogens with two attached hydrogens (primary N) is 1. The second-order valence-corrected chi connectivity index (χ2v) is 5.45. The van der Waals surface area contributed by atoms with Gasteiger partial charge in [-0.2, -0.15) is 0 Å². The summed E-state index contributed by atoms with van der Waals surface area (Å²) >= 11 is 0. The first-order valence-corrected chi connectivity index (χ1v) is 7.85. The number of aromatic nitrogens is 2. The van der Waals surface area contributed by atoms with Gasteiger partial charge in [-0.25, -0.2) is 4.98 Å². The van der Waals surface area contributed by atoms with Gasteiger partial charge in [0.2, 0.25) is 0 Å². The van der Waals surface area contributed by atoms with Gasteiger partial charge in [-0.05, 0) is 26.2 Å². The smallest absolute Gasteiger partial charge is 0.0948 e. The van der Waals surface area contributed by atoms with Gasteiger partial charge in [-0.1, -0.05) is 6.92 Å². The predicted octanol–water partition coefficient (Wildman–Crippen LogP) is 1.79. The average Bonchev–Trinajstić information content (AvgIpc) is 2.91. The van der Waals surface area contributed by atoms with Gasteiger partial charge in [-0.3, -0.25) is 4.90 Å². The molecular formula is C15H28N4O. The number of ether oxygens (including phenoxy) is 1. The van der Waals surface area contributed by atoms with Crippen LogP contribution in [-0.2, 0) is 11.3 Å². The van der Waals surface area contributed by atoms with Crippen molar-refractivity contribution in [1.29, 1.82) is 0 Å². The molecule has 1 aliphatic rings. The molecule has 1 unspecified atom stereocenters. The summed E-state index contributed by atoms with van der Waals surface area (Å²) in [6.07, 6.45) is 7.65. The highest BCUT2D eigenvalue weighted by molar-refractivity contribution is 5.07. The first-order chi connectivity index (χ1) is 9.80. The van der Waals surface area contributed by atoms with Crippen LogP contribution in [0.4, 0.5) is 0 Å². The summed E-state index contributed by atoms with van der Waals surface area (Å²) in [6.45, 7) is 8.85. The van der Waals surface area contributed by atoms with Crippen molar-refractivity contribution in [2.75, 3.05) is 26.2 Å². The first-order valence-electron chi connectivity index (χ1n) is 7.85. The summed E-state index contributed by atoms with van der Waals surface area (Å²) in [5.41, 5.74) is 7.29. The number of piperidine rings is 1. The third kappa shape index (κ3) is 3.59. The van der Waals surface area contributed by atoms with Crippen molar-refractivity contribution in [3.8, 4) is 0 Å². The summed E-state index contributed by atoms with van der Waals surface area (Å²) < 4.78 is 7.96. The summed E-state index contributed by atoms with van der Waals surface area (Å²) in [5.74, 6) is 0. The minimum absolute atomic E-state index is 0.284. The molecule has 0 radical (unpaired) electrons. The van der Waals surface area contributed by atoms with Crippen molar-refractivity contribution in [3.05, 3.63) is 18.2 Å².